The van der Waals surface area contributed by atoms with E-state index >= 15 is 0 Å². The maximum absolute atomic E-state index is 13.4. The van der Waals surface area contributed by atoms with E-state index in [1.807, 2.05) is 13.1 Å². The number of nitrogens with one attached hydrogen (secondary N) is 1. The van der Waals surface area contributed by atoms with E-state index in [1.54, 1.807) is 6.92 Å². The van der Waals surface area contributed by atoms with Crippen LogP contribution in [0, 0.1) is 18.2 Å². The Balaban J connectivity index is 3.08. The normalized spacial score (nSPS) is 13.8. The lowest BCUT2D eigenvalue weighted by molar-refractivity contribution is 0.320. The van der Waals surface area contributed by atoms with Crippen LogP contribution in [-0.4, -0.2) is 7.05 Å². The zero-order valence-electron chi connectivity index (χ0n) is 11.2. The van der Waals surface area contributed by atoms with Gasteiger partial charge in [0.25, 0.3) is 0 Å². The average Bonchev–Trinajstić information content (AvgIpc) is 2.19. The third-order valence-corrected chi connectivity index (χ3v) is 3.15. The number of hydrogen-bond acceptors (Lipinski definition) is 1. The quantitative estimate of drug-likeness (QED) is 0.842. The lowest BCUT2D eigenvalue weighted by Gasteiger charge is -2.27. The van der Waals surface area contributed by atoms with Crippen LogP contribution in [-0.2, 0) is 0 Å². The fourth-order valence-corrected chi connectivity index (χ4v) is 2.21. The molecule has 1 N–H and O–H groups in total. The predicted octanol–water partition coefficient (Wildman–Crippen LogP) is 4.48. The molecular formula is C14H21ClFN. The fraction of sp³-hybridized carbons (Fsp3) is 0.571. The first-order valence-electron chi connectivity index (χ1n) is 5.87. The highest BCUT2D eigenvalue weighted by molar-refractivity contribution is 6.31. The molecule has 3 heteroatoms. The molecule has 0 radical (unpaired) electrons. The van der Waals surface area contributed by atoms with Crippen molar-refractivity contribution in [2.24, 2.45) is 5.41 Å². The molecule has 0 spiro atoms. The van der Waals surface area contributed by atoms with Crippen LogP contribution in [0.5, 0.6) is 0 Å². The van der Waals surface area contributed by atoms with Crippen LogP contribution in [0.2, 0.25) is 5.02 Å². The molecule has 1 aromatic carbocycles. The Kier molecular flexibility index (Phi) is 4.56. The summed E-state index contributed by atoms with van der Waals surface area (Å²) >= 11 is 6.12. The summed E-state index contributed by atoms with van der Waals surface area (Å²) in [5.74, 6) is -0.246. The number of aryl methyl sites for hydroxylation is 1. The maximum atomic E-state index is 13.4. The monoisotopic (exact) mass is 257 g/mol. The zero-order chi connectivity index (χ0) is 13.2. The van der Waals surface area contributed by atoms with Crippen LogP contribution in [0.4, 0.5) is 4.39 Å². The summed E-state index contributed by atoms with van der Waals surface area (Å²) in [5.41, 5.74) is 1.81. The number of halogens is 2. The first-order chi connectivity index (χ1) is 7.74. The molecule has 0 bridgehead atoms. The molecule has 96 valence electrons. The van der Waals surface area contributed by atoms with Gasteiger partial charge in [-0.25, -0.2) is 4.39 Å². The van der Waals surface area contributed by atoms with Crippen molar-refractivity contribution in [2.45, 2.75) is 40.2 Å². The zero-order valence-corrected chi connectivity index (χ0v) is 12.0. The van der Waals surface area contributed by atoms with Crippen molar-refractivity contribution in [1.29, 1.82) is 0 Å². The topological polar surface area (TPSA) is 12.0 Å². The summed E-state index contributed by atoms with van der Waals surface area (Å²) in [4.78, 5) is 0. The highest BCUT2D eigenvalue weighted by Gasteiger charge is 2.21. The minimum absolute atomic E-state index is 0.154. The van der Waals surface area contributed by atoms with Crippen LogP contribution >= 0.6 is 11.6 Å². The van der Waals surface area contributed by atoms with E-state index < -0.39 is 0 Å². The summed E-state index contributed by atoms with van der Waals surface area (Å²) in [6.07, 6.45) is 0.953. The van der Waals surface area contributed by atoms with Gasteiger partial charge in [-0.1, -0.05) is 38.4 Å². The molecule has 0 saturated heterocycles. The molecule has 1 aromatic rings. The molecule has 1 nitrogen and oxygen atoms in total. The van der Waals surface area contributed by atoms with Gasteiger partial charge in [0.05, 0.1) is 0 Å². The molecule has 0 amide bonds. The third-order valence-electron chi connectivity index (χ3n) is 2.82. The van der Waals surface area contributed by atoms with Crippen molar-refractivity contribution in [2.75, 3.05) is 7.05 Å². The molecule has 0 heterocycles. The minimum Gasteiger partial charge on any atom is -0.313 e. The number of benzene rings is 1. The van der Waals surface area contributed by atoms with Gasteiger partial charge in [-0.3, -0.25) is 0 Å². The molecule has 1 unspecified atom stereocenters. The van der Waals surface area contributed by atoms with Gasteiger partial charge in [0.15, 0.2) is 0 Å². The van der Waals surface area contributed by atoms with Gasteiger partial charge in [-0.05, 0) is 43.0 Å². The smallest absolute Gasteiger partial charge is 0.127 e. The average molecular weight is 258 g/mol. The standard InChI is InChI=1S/C14H21ClFN/c1-9-6-10(11(15)7-12(9)16)13(17-5)8-14(2,3)4/h6-7,13,17H,8H2,1-5H3. The van der Waals surface area contributed by atoms with Gasteiger partial charge in [-0.15, -0.1) is 0 Å². The van der Waals surface area contributed by atoms with E-state index in [2.05, 4.69) is 26.1 Å². The summed E-state index contributed by atoms with van der Waals surface area (Å²) in [5, 5.41) is 3.75. The largest absolute Gasteiger partial charge is 0.313 e. The van der Waals surface area contributed by atoms with E-state index in [0.717, 1.165) is 12.0 Å². The second kappa shape index (κ2) is 5.36. The van der Waals surface area contributed by atoms with Gasteiger partial charge < -0.3 is 5.32 Å². The Labute approximate surface area is 108 Å². The minimum atomic E-state index is -0.246. The second-order valence-corrected chi connectivity index (χ2v) is 6.14. The number of hydrogen-bond donors (Lipinski definition) is 1. The first-order valence-corrected chi connectivity index (χ1v) is 6.25. The molecular weight excluding hydrogens is 237 g/mol. The van der Waals surface area contributed by atoms with Gasteiger partial charge in [0.2, 0.25) is 0 Å². The van der Waals surface area contributed by atoms with Crippen molar-refractivity contribution in [3.05, 3.63) is 34.1 Å². The number of rotatable bonds is 3. The van der Waals surface area contributed by atoms with Crippen molar-refractivity contribution >= 4 is 11.6 Å². The predicted molar refractivity (Wildman–Crippen MR) is 72.0 cm³/mol. The van der Waals surface area contributed by atoms with E-state index in [-0.39, 0.29) is 17.3 Å². The third kappa shape index (κ3) is 3.97. The van der Waals surface area contributed by atoms with Crippen molar-refractivity contribution in [1.82, 2.24) is 5.32 Å². The molecule has 0 aliphatic carbocycles. The molecule has 0 fully saturated rings. The Morgan fingerprint density at radius 1 is 1.35 bits per heavy atom. The SMILES string of the molecule is CNC(CC(C)(C)C)c1cc(C)c(F)cc1Cl. The van der Waals surface area contributed by atoms with Crippen LogP contribution in [0.3, 0.4) is 0 Å². The highest BCUT2D eigenvalue weighted by atomic mass is 35.5. The van der Waals surface area contributed by atoms with E-state index in [4.69, 9.17) is 11.6 Å². The van der Waals surface area contributed by atoms with Gasteiger partial charge in [-0.2, -0.15) is 0 Å². The van der Waals surface area contributed by atoms with Crippen molar-refractivity contribution in [3.63, 3.8) is 0 Å². The maximum Gasteiger partial charge on any atom is 0.127 e. The lowest BCUT2D eigenvalue weighted by atomic mass is 9.85. The van der Waals surface area contributed by atoms with Crippen LogP contribution in [0.15, 0.2) is 12.1 Å². The van der Waals surface area contributed by atoms with Crippen LogP contribution in [0.1, 0.15) is 44.4 Å². The summed E-state index contributed by atoms with van der Waals surface area (Å²) in [6, 6.07) is 3.39. The van der Waals surface area contributed by atoms with Crippen LogP contribution < -0.4 is 5.32 Å². The second-order valence-electron chi connectivity index (χ2n) is 5.73. The molecule has 0 aliphatic rings. The van der Waals surface area contributed by atoms with Gasteiger partial charge >= 0.3 is 0 Å². The molecule has 1 rings (SSSR count). The summed E-state index contributed by atoms with van der Waals surface area (Å²) in [6.45, 7) is 8.31. The van der Waals surface area contributed by atoms with Crippen molar-refractivity contribution in [3.8, 4) is 0 Å². The van der Waals surface area contributed by atoms with Crippen LogP contribution in [0.25, 0.3) is 0 Å². The van der Waals surface area contributed by atoms with Crippen molar-refractivity contribution < 1.29 is 4.39 Å². The van der Waals surface area contributed by atoms with E-state index in [0.29, 0.717) is 10.6 Å². The lowest BCUT2D eigenvalue weighted by Crippen LogP contribution is -2.23. The highest BCUT2D eigenvalue weighted by Crippen LogP contribution is 2.33. The Morgan fingerprint density at radius 2 is 1.94 bits per heavy atom. The van der Waals surface area contributed by atoms with E-state index in [1.165, 1.54) is 6.07 Å². The summed E-state index contributed by atoms with van der Waals surface area (Å²) in [7, 11) is 1.91. The molecule has 17 heavy (non-hydrogen) atoms. The Morgan fingerprint density at radius 3 is 2.41 bits per heavy atom. The molecule has 0 saturated carbocycles. The Bertz CT molecular complexity index is 396. The van der Waals surface area contributed by atoms with Gasteiger partial charge in [0, 0.05) is 11.1 Å². The first kappa shape index (κ1) is 14.5. The molecule has 0 aliphatic heterocycles. The molecule has 0 aromatic heterocycles. The van der Waals surface area contributed by atoms with Gasteiger partial charge in [0.1, 0.15) is 5.82 Å². The van der Waals surface area contributed by atoms with E-state index in [9.17, 15) is 4.39 Å². The molecule has 1 atom stereocenters. The summed E-state index contributed by atoms with van der Waals surface area (Å²) < 4.78 is 13.4. The fourth-order valence-electron chi connectivity index (χ4n) is 1.93. The Hall–Kier alpha value is -0.600.